The molecule has 0 unspecified atom stereocenters. The number of aryl methyl sites for hydroxylation is 2. The lowest BCUT2D eigenvalue weighted by Gasteiger charge is -2.24. The molecule has 7 heteroatoms. The summed E-state index contributed by atoms with van der Waals surface area (Å²) in [5, 5.41) is 9.32. The Kier molecular flexibility index (Phi) is 6.98. The van der Waals surface area contributed by atoms with E-state index in [2.05, 4.69) is 29.6 Å². The van der Waals surface area contributed by atoms with Crippen molar-refractivity contribution in [1.82, 2.24) is 10.1 Å². The fraction of sp³-hybridized carbons (Fsp3) is 0.450. The van der Waals surface area contributed by atoms with E-state index >= 15 is 0 Å². The summed E-state index contributed by atoms with van der Waals surface area (Å²) < 4.78 is 4.94. The van der Waals surface area contributed by atoms with E-state index < -0.39 is 0 Å². The second-order valence-corrected chi connectivity index (χ2v) is 7.15. The maximum absolute atomic E-state index is 12.8. The van der Waals surface area contributed by atoms with Crippen molar-refractivity contribution in [3.63, 3.8) is 0 Å². The molecule has 146 valence electrons. The Morgan fingerprint density at radius 2 is 1.93 bits per heavy atom. The van der Waals surface area contributed by atoms with Crippen LogP contribution < -0.4 is 10.6 Å². The van der Waals surface area contributed by atoms with Gasteiger partial charge in [-0.25, -0.2) is 4.79 Å². The van der Waals surface area contributed by atoms with Crippen molar-refractivity contribution in [3.05, 3.63) is 41.2 Å². The van der Waals surface area contributed by atoms with Crippen molar-refractivity contribution in [1.29, 1.82) is 0 Å². The summed E-state index contributed by atoms with van der Waals surface area (Å²) in [5.74, 6) is 1.05. The van der Waals surface area contributed by atoms with E-state index in [1.165, 1.54) is 4.90 Å². The van der Waals surface area contributed by atoms with Crippen molar-refractivity contribution < 1.29 is 14.1 Å². The van der Waals surface area contributed by atoms with Crippen molar-refractivity contribution in [2.45, 2.75) is 41.0 Å². The van der Waals surface area contributed by atoms with Gasteiger partial charge >= 0.3 is 6.03 Å². The topological polar surface area (TPSA) is 87.5 Å². The monoisotopic (exact) mass is 372 g/mol. The number of hydrogen-bond acceptors (Lipinski definition) is 4. The van der Waals surface area contributed by atoms with Gasteiger partial charge in [-0.1, -0.05) is 31.1 Å². The summed E-state index contributed by atoms with van der Waals surface area (Å²) in [6.07, 6.45) is 0.802. The zero-order valence-electron chi connectivity index (χ0n) is 16.6. The molecule has 0 bridgehead atoms. The number of urea groups is 1. The van der Waals surface area contributed by atoms with Gasteiger partial charge in [0.15, 0.2) is 5.82 Å². The molecule has 1 heterocycles. The second-order valence-electron chi connectivity index (χ2n) is 7.15. The summed E-state index contributed by atoms with van der Waals surface area (Å²) in [7, 11) is 0. The summed E-state index contributed by atoms with van der Waals surface area (Å²) >= 11 is 0. The molecule has 0 aliphatic rings. The maximum atomic E-state index is 12.8. The van der Waals surface area contributed by atoms with Crippen LogP contribution in [0.25, 0.3) is 0 Å². The van der Waals surface area contributed by atoms with E-state index in [-0.39, 0.29) is 18.5 Å². The third-order valence-corrected chi connectivity index (χ3v) is 4.34. The van der Waals surface area contributed by atoms with Crippen LogP contribution in [0.2, 0.25) is 0 Å². The van der Waals surface area contributed by atoms with Crippen molar-refractivity contribution in [2.24, 2.45) is 5.92 Å². The molecular formula is C20H28N4O3. The fourth-order valence-corrected chi connectivity index (χ4v) is 2.53. The Hall–Kier alpha value is -2.83. The molecule has 2 aromatic rings. The first-order valence-electron chi connectivity index (χ1n) is 9.11. The highest BCUT2D eigenvalue weighted by Gasteiger charge is 2.19. The first-order valence-corrected chi connectivity index (χ1v) is 9.11. The Bertz CT molecular complexity index is 798. The van der Waals surface area contributed by atoms with Crippen LogP contribution in [0.4, 0.5) is 16.3 Å². The highest BCUT2D eigenvalue weighted by molar-refractivity contribution is 5.96. The van der Waals surface area contributed by atoms with Crippen LogP contribution in [-0.2, 0) is 4.79 Å². The van der Waals surface area contributed by atoms with Gasteiger partial charge in [0.05, 0.1) is 0 Å². The number of hydrogen-bond donors (Lipinski definition) is 2. The van der Waals surface area contributed by atoms with Crippen LogP contribution in [0.1, 0.15) is 37.2 Å². The maximum Gasteiger partial charge on any atom is 0.322 e. The highest BCUT2D eigenvalue weighted by atomic mass is 16.5. The number of aromatic nitrogens is 1. The summed E-state index contributed by atoms with van der Waals surface area (Å²) in [4.78, 5) is 26.6. The van der Waals surface area contributed by atoms with Crippen LogP contribution in [0.5, 0.6) is 0 Å². The van der Waals surface area contributed by atoms with Crippen molar-refractivity contribution in [3.8, 4) is 0 Å². The van der Waals surface area contributed by atoms with Gasteiger partial charge in [-0.3, -0.25) is 4.79 Å². The number of rotatable bonds is 7. The highest BCUT2D eigenvalue weighted by Crippen LogP contribution is 2.18. The van der Waals surface area contributed by atoms with Crippen LogP contribution in [0.15, 0.2) is 28.8 Å². The van der Waals surface area contributed by atoms with Gasteiger partial charge in [-0.05, 0) is 50.3 Å². The van der Waals surface area contributed by atoms with Gasteiger partial charge in [0.25, 0.3) is 0 Å². The lowest BCUT2D eigenvalue weighted by Crippen LogP contribution is -2.41. The van der Waals surface area contributed by atoms with Gasteiger partial charge in [-0.15, -0.1) is 0 Å². The molecule has 2 N–H and O–H groups in total. The Labute approximate surface area is 160 Å². The molecule has 2 rings (SSSR count). The number of nitrogens with zero attached hydrogens (tertiary/aromatic N) is 2. The zero-order valence-corrected chi connectivity index (χ0v) is 16.6. The first kappa shape index (κ1) is 20.5. The molecule has 1 aromatic carbocycles. The largest absolute Gasteiger partial charge is 0.360 e. The zero-order chi connectivity index (χ0) is 20.0. The molecule has 0 radical (unpaired) electrons. The Morgan fingerprint density at radius 1 is 1.19 bits per heavy atom. The molecule has 0 aliphatic carbocycles. The molecule has 3 amide bonds. The van der Waals surface area contributed by atoms with Crippen molar-refractivity contribution in [2.75, 3.05) is 23.7 Å². The van der Waals surface area contributed by atoms with Crippen LogP contribution >= 0.6 is 0 Å². The SMILES string of the molecule is Cc1cc(NC(=O)CN(CCC(C)C)C(=O)Nc2cccc(C)c2C)no1. The fourth-order valence-electron chi connectivity index (χ4n) is 2.53. The molecule has 0 aliphatic heterocycles. The Morgan fingerprint density at radius 3 is 2.56 bits per heavy atom. The standard InChI is InChI=1S/C20H28N4O3/c1-13(2)9-10-24(12-19(25)22-18-11-15(4)27-23-18)20(26)21-17-8-6-7-14(3)16(17)5/h6-8,11,13H,9-10,12H2,1-5H3,(H,21,26)(H,22,23,25). The Balaban J connectivity index is 2.06. The third kappa shape index (κ3) is 6.13. The van der Waals surface area contributed by atoms with Gasteiger partial charge in [0.2, 0.25) is 5.91 Å². The molecule has 0 saturated heterocycles. The predicted octanol–water partition coefficient (Wildman–Crippen LogP) is 4.12. The minimum atomic E-state index is -0.317. The van der Waals surface area contributed by atoms with E-state index in [0.29, 0.717) is 24.0 Å². The van der Waals surface area contributed by atoms with Crippen molar-refractivity contribution >= 4 is 23.4 Å². The summed E-state index contributed by atoms with van der Waals surface area (Å²) in [5.41, 5.74) is 2.86. The molecule has 27 heavy (non-hydrogen) atoms. The molecule has 0 saturated carbocycles. The molecule has 1 aromatic heterocycles. The molecule has 0 atom stereocenters. The number of amides is 3. The third-order valence-electron chi connectivity index (χ3n) is 4.34. The molecule has 0 fully saturated rings. The van der Waals surface area contributed by atoms with E-state index in [1.807, 2.05) is 32.0 Å². The number of benzene rings is 1. The van der Waals surface area contributed by atoms with Gasteiger partial charge < -0.3 is 20.1 Å². The van der Waals surface area contributed by atoms with Gasteiger partial charge in [0, 0.05) is 18.3 Å². The normalized spacial score (nSPS) is 10.7. The number of anilines is 2. The van der Waals surface area contributed by atoms with Crippen LogP contribution in [-0.4, -0.2) is 35.1 Å². The molecular weight excluding hydrogens is 344 g/mol. The average molecular weight is 372 g/mol. The second kappa shape index (κ2) is 9.21. The smallest absolute Gasteiger partial charge is 0.322 e. The first-order chi connectivity index (χ1) is 12.8. The minimum absolute atomic E-state index is 0.0602. The lowest BCUT2D eigenvalue weighted by atomic mass is 10.1. The van der Waals surface area contributed by atoms with Crippen LogP contribution in [0.3, 0.4) is 0 Å². The summed E-state index contributed by atoms with van der Waals surface area (Å²) in [6.45, 7) is 10.3. The minimum Gasteiger partial charge on any atom is -0.360 e. The number of nitrogens with one attached hydrogen (secondary N) is 2. The van der Waals surface area contributed by atoms with Gasteiger partial charge in [0.1, 0.15) is 12.3 Å². The van der Waals surface area contributed by atoms with Crippen LogP contribution in [0, 0.1) is 26.7 Å². The quantitative estimate of drug-likeness (QED) is 0.765. The molecule has 7 nitrogen and oxygen atoms in total. The van der Waals surface area contributed by atoms with E-state index in [1.54, 1.807) is 13.0 Å². The number of carbonyl (C=O) groups is 2. The molecule has 0 spiro atoms. The lowest BCUT2D eigenvalue weighted by molar-refractivity contribution is -0.116. The van der Waals surface area contributed by atoms with Gasteiger partial charge in [-0.2, -0.15) is 0 Å². The van der Waals surface area contributed by atoms with E-state index in [0.717, 1.165) is 23.2 Å². The predicted molar refractivity (Wildman–Crippen MR) is 106 cm³/mol. The average Bonchev–Trinajstić information content (AvgIpc) is 3.00. The van der Waals surface area contributed by atoms with E-state index in [4.69, 9.17) is 4.52 Å². The summed E-state index contributed by atoms with van der Waals surface area (Å²) in [6, 6.07) is 7.09. The number of carbonyl (C=O) groups excluding carboxylic acids is 2. The van der Waals surface area contributed by atoms with E-state index in [9.17, 15) is 9.59 Å².